The van der Waals surface area contributed by atoms with E-state index in [4.69, 9.17) is 11.6 Å². The molecule has 1 atom stereocenters. The summed E-state index contributed by atoms with van der Waals surface area (Å²) in [5.74, 6) is 0.137. The Bertz CT molecular complexity index is 835. The maximum Gasteiger partial charge on any atom is 0.262 e. The summed E-state index contributed by atoms with van der Waals surface area (Å²) in [6.45, 7) is 8.08. The lowest BCUT2D eigenvalue weighted by molar-refractivity contribution is -0.119. The van der Waals surface area contributed by atoms with Crippen molar-refractivity contribution in [3.8, 4) is 0 Å². The van der Waals surface area contributed by atoms with E-state index in [-0.39, 0.29) is 23.3 Å². The lowest BCUT2D eigenvalue weighted by Gasteiger charge is -2.14. The molecule has 5 nitrogen and oxygen atoms in total. The van der Waals surface area contributed by atoms with Crippen molar-refractivity contribution in [1.82, 2.24) is 14.9 Å². The second-order valence-electron chi connectivity index (χ2n) is 5.81. The van der Waals surface area contributed by atoms with Gasteiger partial charge in [0.15, 0.2) is 5.16 Å². The van der Waals surface area contributed by atoms with E-state index in [0.29, 0.717) is 27.6 Å². The Balaban J connectivity index is 2.26. The first kappa shape index (κ1) is 19.5. The van der Waals surface area contributed by atoms with E-state index >= 15 is 0 Å². The number of allylic oxidation sites excluding steroid dienone is 1. The third-order valence-electron chi connectivity index (χ3n) is 3.65. The molecule has 0 radical (unpaired) electrons. The molecule has 0 aliphatic heterocycles. The molecular weight excluding hydrogens is 358 g/mol. The highest BCUT2D eigenvalue weighted by molar-refractivity contribution is 7.99. The standard InChI is InChI=1S/C18H22ClN3O2S/c1-4-6-12(3)20-16(23)11-25-18-21-15-8-7-13(19)10-14(15)17(24)22(18)9-5-2/h5,7-8,10,12H,2,4,6,9,11H2,1,3H3,(H,20,23)/t12-/m0/s1. The Kier molecular flexibility index (Phi) is 7.08. The van der Waals surface area contributed by atoms with Crippen molar-refractivity contribution >= 4 is 40.2 Å². The van der Waals surface area contributed by atoms with Gasteiger partial charge in [0.25, 0.3) is 5.56 Å². The Morgan fingerprint density at radius 1 is 1.52 bits per heavy atom. The number of carbonyl (C=O) groups is 1. The number of nitrogens with one attached hydrogen (secondary N) is 1. The fourth-order valence-corrected chi connectivity index (χ4v) is 3.52. The van der Waals surface area contributed by atoms with E-state index in [1.54, 1.807) is 24.3 Å². The fraction of sp³-hybridized carbons (Fsp3) is 0.389. The molecule has 2 rings (SSSR count). The van der Waals surface area contributed by atoms with Crippen LogP contribution < -0.4 is 10.9 Å². The maximum atomic E-state index is 12.7. The summed E-state index contributed by atoms with van der Waals surface area (Å²) in [5, 5.41) is 4.39. The number of thioether (sulfide) groups is 1. The minimum absolute atomic E-state index is 0.0680. The number of benzene rings is 1. The minimum atomic E-state index is -0.186. The molecule has 0 saturated carbocycles. The van der Waals surface area contributed by atoms with E-state index in [0.717, 1.165) is 12.8 Å². The van der Waals surface area contributed by atoms with Crippen molar-refractivity contribution < 1.29 is 4.79 Å². The van der Waals surface area contributed by atoms with Gasteiger partial charge in [-0.2, -0.15) is 0 Å². The lowest BCUT2D eigenvalue weighted by Crippen LogP contribution is -2.34. The minimum Gasteiger partial charge on any atom is -0.353 e. The van der Waals surface area contributed by atoms with Gasteiger partial charge in [-0.05, 0) is 31.5 Å². The number of hydrogen-bond donors (Lipinski definition) is 1. The van der Waals surface area contributed by atoms with Gasteiger partial charge in [0.05, 0.1) is 16.7 Å². The average Bonchev–Trinajstić information content (AvgIpc) is 2.56. The molecule has 1 aromatic heterocycles. The van der Waals surface area contributed by atoms with Crippen LogP contribution in [-0.4, -0.2) is 27.3 Å². The monoisotopic (exact) mass is 379 g/mol. The summed E-state index contributed by atoms with van der Waals surface area (Å²) in [6, 6.07) is 5.16. The summed E-state index contributed by atoms with van der Waals surface area (Å²) in [6.07, 6.45) is 3.59. The Morgan fingerprint density at radius 2 is 2.28 bits per heavy atom. The zero-order valence-electron chi connectivity index (χ0n) is 14.4. The van der Waals surface area contributed by atoms with Crippen molar-refractivity contribution in [2.24, 2.45) is 0 Å². The fourth-order valence-electron chi connectivity index (χ4n) is 2.52. The van der Waals surface area contributed by atoms with Crippen LogP contribution in [0.1, 0.15) is 26.7 Å². The number of halogens is 1. The highest BCUT2D eigenvalue weighted by Gasteiger charge is 2.14. The van der Waals surface area contributed by atoms with Gasteiger partial charge in [0, 0.05) is 17.6 Å². The van der Waals surface area contributed by atoms with Crippen LogP contribution in [-0.2, 0) is 11.3 Å². The first-order chi connectivity index (χ1) is 12.0. The molecule has 0 spiro atoms. The number of amides is 1. The smallest absolute Gasteiger partial charge is 0.262 e. The SMILES string of the molecule is C=CCn1c(SCC(=O)N[C@@H](C)CCC)nc2ccc(Cl)cc2c1=O. The highest BCUT2D eigenvalue weighted by Crippen LogP contribution is 2.20. The number of carbonyl (C=O) groups excluding carboxylic acids is 1. The van der Waals surface area contributed by atoms with E-state index in [1.165, 1.54) is 16.3 Å². The van der Waals surface area contributed by atoms with Gasteiger partial charge >= 0.3 is 0 Å². The molecule has 1 heterocycles. The number of rotatable bonds is 8. The molecule has 0 saturated heterocycles. The Morgan fingerprint density at radius 3 is 2.96 bits per heavy atom. The summed E-state index contributed by atoms with van der Waals surface area (Å²) in [7, 11) is 0. The maximum absolute atomic E-state index is 12.7. The molecule has 0 aliphatic carbocycles. The number of hydrogen-bond acceptors (Lipinski definition) is 4. The number of nitrogens with zero attached hydrogens (tertiary/aromatic N) is 2. The largest absolute Gasteiger partial charge is 0.353 e. The molecule has 1 aromatic carbocycles. The van der Waals surface area contributed by atoms with Crippen LogP contribution in [0.25, 0.3) is 10.9 Å². The van der Waals surface area contributed by atoms with E-state index < -0.39 is 0 Å². The molecule has 25 heavy (non-hydrogen) atoms. The topological polar surface area (TPSA) is 64.0 Å². The van der Waals surface area contributed by atoms with Crippen molar-refractivity contribution in [3.05, 3.63) is 46.2 Å². The molecule has 0 unspecified atom stereocenters. The van der Waals surface area contributed by atoms with Gasteiger partial charge in [-0.15, -0.1) is 6.58 Å². The predicted molar refractivity (Wildman–Crippen MR) is 104 cm³/mol. The summed E-state index contributed by atoms with van der Waals surface area (Å²) < 4.78 is 1.51. The van der Waals surface area contributed by atoms with Gasteiger partial charge < -0.3 is 5.32 Å². The van der Waals surface area contributed by atoms with Crippen LogP contribution in [0.4, 0.5) is 0 Å². The molecule has 0 bridgehead atoms. The third-order valence-corrected chi connectivity index (χ3v) is 4.87. The quantitative estimate of drug-likeness (QED) is 0.432. The second kappa shape index (κ2) is 9.06. The van der Waals surface area contributed by atoms with Crippen LogP contribution in [0, 0.1) is 0 Å². The molecule has 0 aliphatic rings. The second-order valence-corrected chi connectivity index (χ2v) is 7.19. The zero-order valence-corrected chi connectivity index (χ0v) is 16.0. The zero-order chi connectivity index (χ0) is 18.4. The van der Waals surface area contributed by atoms with Crippen molar-refractivity contribution in [2.45, 2.75) is 44.4 Å². The lowest BCUT2D eigenvalue weighted by atomic mass is 10.2. The van der Waals surface area contributed by atoms with Gasteiger partial charge in [-0.3, -0.25) is 14.2 Å². The molecule has 1 N–H and O–H groups in total. The van der Waals surface area contributed by atoms with Gasteiger partial charge in [0.2, 0.25) is 5.91 Å². The van der Waals surface area contributed by atoms with E-state index in [1.807, 2.05) is 6.92 Å². The van der Waals surface area contributed by atoms with E-state index in [2.05, 4.69) is 23.8 Å². The molecule has 7 heteroatoms. The number of aromatic nitrogens is 2. The van der Waals surface area contributed by atoms with Crippen LogP contribution in [0.5, 0.6) is 0 Å². The van der Waals surface area contributed by atoms with Gasteiger partial charge in [0.1, 0.15) is 0 Å². The van der Waals surface area contributed by atoms with Crippen molar-refractivity contribution in [2.75, 3.05) is 5.75 Å². The summed E-state index contributed by atoms with van der Waals surface area (Å²) in [4.78, 5) is 29.3. The third kappa shape index (κ3) is 5.09. The number of fused-ring (bicyclic) bond motifs is 1. The first-order valence-corrected chi connectivity index (χ1v) is 9.55. The Labute approximate surface area is 156 Å². The average molecular weight is 380 g/mol. The van der Waals surface area contributed by atoms with Crippen LogP contribution in [0.3, 0.4) is 0 Å². The summed E-state index contributed by atoms with van der Waals surface area (Å²) >= 11 is 7.23. The molecular formula is C18H22ClN3O2S. The van der Waals surface area contributed by atoms with Crippen molar-refractivity contribution in [1.29, 1.82) is 0 Å². The van der Waals surface area contributed by atoms with Gasteiger partial charge in [-0.1, -0.05) is 42.8 Å². The highest BCUT2D eigenvalue weighted by atomic mass is 35.5. The normalized spacial score (nSPS) is 12.1. The molecule has 134 valence electrons. The molecule has 2 aromatic rings. The van der Waals surface area contributed by atoms with E-state index in [9.17, 15) is 9.59 Å². The van der Waals surface area contributed by atoms with Crippen LogP contribution in [0.15, 0.2) is 40.8 Å². The summed E-state index contributed by atoms with van der Waals surface area (Å²) in [5.41, 5.74) is 0.381. The molecule has 0 fully saturated rings. The van der Waals surface area contributed by atoms with Crippen molar-refractivity contribution in [3.63, 3.8) is 0 Å². The first-order valence-electron chi connectivity index (χ1n) is 8.19. The Hall–Kier alpha value is -1.79. The predicted octanol–water partition coefficient (Wildman–Crippen LogP) is 3.63. The van der Waals surface area contributed by atoms with Crippen LogP contribution in [0.2, 0.25) is 5.02 Å². The van der Waals surface area contributed by atoms with Gasteiger partial charge in [-0.25, -0.2) is 4.98 Å². The molecule has 1 amide bonds. The van der Waals surface area contributed by atoms with Crippen LogP contribution >= 0.6 is 23.4 Å².